The van der Waals surface area contributed by atoms with E-state index in [1.807, 2.05) is 25.2 Å². The van der Waals surface area contributed by atoms with Crippen molar-refractivity contribution in [2.45, 2.75) is 13.0 Å². The van der Waals surface area contributed by atoms with Gasteiger partial charge in [0.25, 0.3) is 0 Å². The van der Waals surface area contributed by atoms with Crippen LogP contribution < -0.4 is 10.1 Å². The van der Waals surface area contributed by atoms with Gasteiger partial charge >= 0.3 is 0 Å². The van der Waals surface area contributed by atoms with Crippen LogP contribution in [-0.2, 0) is 0 Å². The van der Waals surface area contributed by atoms with E-state index in [0.717, 1.165) is 11.3 Å². The number of aryl methyl sites for hydroxylation is 1. The van der Waals surface area contributed by atoms with Crippen LogP contribution in [0.5, 0.6) is 5.75 Å². The molecule has 2 aromatic rings. The van der Waals surface area contributed by atoms with Crippen molar-refractivity contribution >= 4 is 0 Å². The maximum Gasteiger partial charge on any atom is 0.123 e. The standard InChI is InChI=1S/C16H19NO/c1-12-7-6-8-13(11-12)16(17-2)14-9-4-5-10-15(14)18-3/h4-11,16-17H,1-3H3. The summed E-state index contributed by atoms with van der Waals surface area (Å²) in [4.78, 5) is 0. The first-order valence-electron chi connectivity index (χ1n) is 6.13. The molecule has 2 rings (SSSR count). The van der Waals surface area contributed by atoms with Gasteiger partial charge in [-0.2, -0.15) is 0 Å². The number of rotatable bonds is 4. The third kappa shape index (κ3) is 2.54. The number of benzene rings is 2. The van der Waals surface area contributed by atoms with Gasteiger partial charge in [-0.3, -0.25) is 0 Å². The van der Waals surface area contributed by atoms with Crippen LogP contribution in [0.4, 0.5) is 0 Å². The largest absolute Gasteiger partial charge is 0.496 e. The van der Waals surface area contributed by atoms with Crippen LogP contribution in [0.1, 0.15) is 22.7 Å². The second kappa shape index (κ2) is 5.69. The van der Waals surface area contributed by atoms with E-state index >= 15 is 0 Å². The highest BCUT2D eigenvalue weighted by molar-refractivity contribution is 5.42. The fraction of sp³-hybridized carbons (Fsp3) is 0.250. The van der Waals surface area contributed by atoms with Gasteiger partial charge in [0.1, 0.15) is 5.75 Å². The molecule has 94 valence electrons. The van der Waals surface area contributed by atoms with Crippen molar-refractivity contribution < 1.29 is 4.74 Å². The average Bonchev–Trinajstić information content (AvgIpc) is 2.40. The minimum absolute atomic E-state index is 0.154. The van der Waals surface area contributed by atoms with E-state index in [2.05, 4.69) is 42.6 Å². The van der Waals surface area contributed by atoms with E-state index in [-0.39, 0.29) is 6.04 Å². The molecule has 2 heteroatoms. The molecule has 2 aromatic carbocycles. The zero-order valence-corrected chi connectivity index (χ0v) is 11.1. The molecule has 0 saturated heterocycles. The molecule has 0 aliphatic carbocycles. The Kier molecular flexibility index (Phi) is 4.00. The van der Waals surface area contributed by atoms with E-state index in [9.17, 15) is 0 Å². The Labute approximate surface area is 109 Å². The summed E-state index contributed by atoms with van der Waals surface area (Å²) in [6.45, 7) is 2.11. The van der Waals surface area contributed by atoms with Crippen molar-refractivity contribution in [3.05, 3.63) is 65.2 Å². The molecule has 18 heavy (non-hydrogen) atoms. The molecule has 0 aromatic heterocycles. The molecule has 0 spiro atoms. The number of para-hydroxylation sites is 1. The molecular formula is C16H19NO. The predicted molar refractivity (Wildman–Crippen MR) is 75.1 cm³/mol. The summed E-state index contributed by atoms with van der Waals surface area (Å²) in [7, 11) is 3.68. The summed E-state index contributed by atoms with van der Waals surface area (Å²) in [5, 5.41) is 3.36. The van der Waals surface area contributed by atoms with Gasteiger partial charge in [0.05, 0.1) is 13.2 Å². The Balaban J connectivity index is 2.45. The van der Waals surface area contributed by atoms with Crippen LogP contribution >= 0.6 is 0 Å². The molecule has 0 bridgehead atoms. The SMILES string of the molecule is CNC(c1cccc(C)c1)c1ccccc1OC. The molecule has 0 saturated carbocycles. The van der Waals surface area contributed by atoms with Crippen molar-refractivity contribution in [3.63, 3.8) is 0 Å². The fourth-order valence-electron chi connectivity index (χ4n) is 2.26. The van der Waals surface area contributed by atoms with E-state index < -0.39 is 0 Å². The molecule has 1 N–H and O–H groups in total. The highest BCUT2D eigenvalue weighted by Crippen LogP contribution is 2.29. The summed E-state index contributed by atoms with van der Waals surface area (Å²) in [5.74, 6) is 0.915. The Morgan fingerprint density at radius 1 is 1.06 bits per heavy atom. The molecular weight excluding hydrogens is 222 g/mol. The van der Waals surface area contributed by atoms with E-state index in [1.54, 1.807) is 7.11 Å². The highest BCUT2D eigenvalue weighted by atomic mass is 16.5. The van der Waals surface area contributed by atoms with Gasteiger partial charge in [-0.1, -0.05) is 48.0 Å². The van der Waals surface area contributed by atoms with Crippen LogP contribution in [0, 0.1) is 6.92 Å². The predicted octanol–water partition coefficient (Wildman–Crippen LogP) is 3.31. The topological polar surface area (TPSA) is 21.3 Å². The molecule has 0 amide bonds. The summed E-state index contributed by atoms with van der Waals surface area (Å²) in [6, 6.07) is 16.8. The number of ether oxygens (including phenoxy) is 1. The first-order valence-corrected chi connectivity index (χ1v) is 6.13. The molecule has 1 atom stereocenters. The lowest BCUT2D eigenvalue weighted by Gasteiger charge is -2.20. The maximum absolute atomic E-state index is 5.44. The number of methoxy groups -OCH3 is 1. The lowest BCUT2D eigenvalue weighted by Crippen LogP contribution is -2.18. The Morgan fingerprint density at radius 3 is 2.50 bits per heavy atom. The first-order chi connectivity index (χ1) is 8.76. The minimum atomic E-state index is 0.154. The fourth-order valence-corrected chi connectivity index (χ4v) is 2.26. The van der Waals surface area contributed by atoms with Crippen molar-refractivity contribution in [2.75, 3.05) is 14.2 Å². The van der Waals surface area contributed by atoms with Gasteiger partial charge in [-0.05, 0) is 25.6 Å². The smallest absolute Gasteiger partial charge is 0.123 e. The zero-order valence-electron chi connectivity index (χ0n) is 11.1. The van der Waals surface area contributed by atoms with E-state index in [0.29, 0.717) is 0 Å². The van der Waals surface area contributed by atoms with Crippen molar-refractivity contribution in [1.29, 1.82) is 0 Å². The monoisotopic (exact) mass is 241 g/mol. The molecule has 0 aliphatic rings. The molecule has 0 radical (unpaired) electrons. The maximum atomic E-state index is 5.44. The van der Waals surface area contributed by atoms with Crippen LogP contribution in [0.25, 0.3) is 0 Å². The second-order valence-electron chi connectivity index (χ2n) is 4.38. The van der Waals surface area contributed by atoms with Crippen molar-refractivity contribution in [1.82, 2.24) is 5.32 Å². The molecule has 2 nitrogen and oxygen atoms in total. The third-order valence-electron chi connectivity index (χ3n) is 3.11. The van der Waals surface area contributed by atoms with Gasteiger partial charge in [0, 0.05) is 5.56 Å². The summed E-state index contributed by atoms with van der Waals surface area (Å²) in [5.41, 5.74) is 3.68. The minimum Gasteiger partial charge on any atom is -0.496 e. The Morgan fingerprint density at radius 2 is 1.83 bits per heavy atom. The van der Waals surface area contributed by atoms with Crippen LogP contribution in [0.15, 0.2) is 48.5 Å². The van der Waals surface area contributed by atoms with Crippen molar-refractivity contribution in [3.8, 4) is 5.75 Å². The van der Waals surface area contributed by atoms with Crippen LogP contribution in [0.3, 0.4) is 0 Å². The molecule has 0 fully saturated rings. The summed E-state index contributed by atoms with van der Waals surface area (Å²) < 4.78 is 5.44. The van der Waals surface area contributed by atoms with E-state index in [1.165, 1.54) is 11.1 Å². The Bertz CT molecular complexity index is 522. The molecule has 0 heterocycles. The quantitative estimate of drug-likeness (QED) is 0.886. The average molecular weight is 241 g/mol. The number of hydrogen-bond acceptors (Lipinski definition) is 2. The van der Waals surface area contributed by atoms with E-state index in [4.69, 9.17) is 4.74 Å². The van der Waals surface area contributed by atoms with Gasteiger partial charge in [-0.15, -0.1) is 0 Å². The third-order valence-corrected chi connectivity index (χ3v) is 3.11. The molecule has 0 aliphatic heterocycles. The lowest BCUT2D eigenvalue weighted by molar-refractivity contribution is 0.405. The highest BCUT2D eigenvalue weighted by Gasteiger charge is 2.15. The van der Waals surface area contributed by atoms with Gasteiger partial charge in [-0.25, -0.2) is 0 Å². The summed E-state index contributed by atoms with van der Waals surface area (Å²) >= 11 is 0. The van der Waals surface area contributed by atoms with Crippen LogP contribution in [-0.4, -0.2) is 14.2 Å². The van der Waals surface area contributed by atoms with Gasteiger partial charge in [0.15, 0.2) is 0 Å². The Hall–Kier alpha value is -1.80. The number of nitrogens with one attached hydrogen (secondary N) is 1. The number of hydrogen-bond donors (Lipinski definition) is 1. The zero-order chi connectivity index (χ0) is 13.0. The first kappa shape index (κ1) is 12.7. The second-order valence-corrected chi connectivity index (χ2v) is 4.38. The van der Waals surface area contributed by atoms with Crippen molar-refractivity contribution in [2.24, 2.45) is 0 Å². The van der Waals surface area contributed by atoms with Crippen LogP contribution in [0.2, 0.25) is 0 Å². The lowest BCUT2D eigenvalue weighted by atomic mass is 9.97. The van der Waals surface area contributed by atoms with Gasteiger partial charge < -0.3 is 10.1 Å². The molecule has 1 unspecified atom stereocenters. The van der Waals surface area contributed by atoms with Gasteiger partial charge in [0.2, 0.25) is 0 Å². The normalized spacial score (nSPS) is 12.2. The summed E-state index contributed by atoms with van der Waals surface area (Å²) in [6.07, 6.45) is 0.